The number of carbonyl (C=O) groups is 2. The number of para-hydroxylation sites is 1. The fraction of sp³-hybridized carbons (Fsp3) is 0.182. The number of nitrogens with one attached hydrogen (secondary N) is 2. The summed E-state index contributed by atoms with van der Waals surface area (Å²) in [7, 11) is 1.42. The first-order valence-corrected chi connectivity index (χ1v) is 9.86. The first-order chi connectivity index (χ1) is 15.4. The van der Waals surface area contributed by atoms with Gasteiger partial charge in [0.2, 0.25) is 5.95 Å². The van der Waals surface area contributed by atoms with Gasteiger partial charge in [0, 0.05) is 30.0 Å². The van der Waals surface area contributed by atoms with E-state index >= 15 is 0 Å². The quantitative estimate of drug-likeness (QED) is 0.374. The average molecular weight is 435 g/mol. The van der Waals surface area contributed by atoms with Gasteiger partial charge in [0.05, 0.1) is 12.8 Å². The number of hydrogen-bond acceptors (Lipinski definition) is 8. The highest BCUT2D eigenvalue weighted by Crippen LogP contribution is 2.23. The summed E-state index contributed by atoms with van der Waals surface area (Å²) in [6, 6.07) is 15.6. The van der Waals surface area contributed by atoms with Crippen LogP contribution in [0.1, 0.15) is 27.6 Å². The molecule has 10 nitrogen and oxygen atoms in total. The van der Waals surface area contributed by atoms with Gasteiger partial charge in [-0.2, -0.15) is 10.0 Å². The molecule has 10 heteroatoms. The van der Waals surface area contributed by atoms with E-state index in [-0.39, 0.29) is 29.3 Å². The summed E-state index contributed by atoms with van der Waals surface area (Å²) in [6.45, 7) is 2.29. The highest BCUT2D eigenvalue weighted by Gasteiger charge is 2.19. The fourth-order valence-corrected chi connectivity index (χ4v) is 2.85. The van der Waals surface area contributed by atoms with Crippen LogP contribution in [0.4, 0.5) is 23.1 Å². The Morgan fingerprint density at radius 2 is 1.91 bits per heavy atom. The van der Waals surface area contributed by atoms with Crippen molar-refractivity contribution in [3.8, 4) is 0 Å². The second-order valence-electron chi connectivity index (χ2n) is 7.00. The number of nitrogens with zero attached hydrogens (tertiary/aromatic N) is 3. The van der Waals surface area contributed by atoms with Crippen LogP contribution in [0.15, 0.2) is 60.8 Å². The minimum absolute atomic E-state index is 0.107. The Hall–Kier alpha value is -4.02. The molecular weight excluding hydrogens is 410 g/mol. The Morgan fingerprint density at radius 3 is 2.56 bits per heavy atom. The number of carbonyl (C=O) groups excluding carboxylic acids is 2. The van der Waals surface area contributed by atoms with Crippen molar-refractivity contribution in [3.63, 3.8) is 0 Å². The summed E-state index contributed by atoms with van der Waals surface area (Å²) in [5, 5.41) is 7.22. The van der Waals surface area contributed by atoms with Gasteiger partial charge < -0.3 is 22.1 Å². The number of aromatic nitrogens is 2. The summed E-state index contributed by atoms with van der Waals surface area (Å²) in [6.07, 6.45) is 1.33. The zero-order chi connectivity index (χ0) is 23.1. The van der Waals surface area contributed by atoms with Gasteiger partial charge in [-0.15, -0.1) is 0 Å². The van der Waals surface area contributed by atoms with Crippen molar-refractivity contribution in [3.05, 3.63) is 71.9 Å². The molecule has 1 atom stereocenters. The average Bonchev–Trinajstić information content (AvgIpc) is 2.79. The van der Waals surface area contributed by atoms with Crippen LogP contribution in [0.5, 0.6) is 0 Å². The smallest absolute Gasteiger partial charge is 0.282 e. The molecule has 1 unspecified atom stereocenters. The molecule has 0 saturated carbocycles. The number of rotatable bonds is 9. The summed E-state index contributed by atoms with van der Waals surface area (Å²) in [5.74, 6) is -0.555. The minimum Gasteiger partial charge on any atom is -0.365 e. The highest BCUT2D eigenvalue weighted by molar-refractivity contribution is 6.05. The van der Waals surface area contributed by atoms with E-state index in [1.165, 1.54) is 18.4 Å². The Balaban J connectivity index is 1.87. The standard InChI is InChI=1S/C22H25N7O3/c1-14(23)12-25-22-26-13-18(19(24)30)20(28-22)27-16-8-6-7-15(11-16)21(31)29(32-2)17-9-4-3-5-10-17/h3-11,13-14H,12,23H2,1-2H3,(H2,24,30)(H2,25,26,27,28). The maximum atomic E-state index is 13.0. The second kappa shape index (κ2) is 10.3. The third-order valence-corrected chi connectivity index (χ3v) is 4.37. The van der Waals surface area contributed by atoms with Crippen LogP contribution < -0.4 is 27.2 Å². The summed E-state index contributed by atoms with van der Waals surface area (Å²) in [5.41, 5.74) is 12.8. The molecule has 2 amide bonds. The minimum atomic E-state index is -0.687. The van der Waals surface area contributed by atoms with Crippen molar-refractivity contribution >= 4 is 35.0 Å². The Morgan fingerprint density at radius 1 is 1.16 bits per heavy atom. The summed E-state index contributed by atoms with van der Waals surface area (Å²) in [4.78, 5) is 38.5. The zero-order valence-electron chi connectivity index (χ0n) is 17.8. The second-order valence-corrected chi connectivity index (χ2v) is 7.00. The predicted molar refractivity (Wildman–Crippen MR) is 123 cm³/mol. The molecule has 0 aliphatic carbocycles. The molecule has 0 aliphatic heterocycles. The lowest BCUT2D eigenvalue weighted by molar-refractivity contribution is 0.0773. The Labute approximate surface area is 185 Å². The Bertz CT molecular complexity index is 1090. The molecule has 0 aliphatic rings. The number of hydroxylamine groups is 1. The fourth-order valence-electron chi connectivity index (χ4n) is 2.85. The zero-order valence-corrected chi connectivity index (χ0v) is 17.8. The molecule has 0 bridgehead atoms. The molecule has 1 aromatic heterocycles. The number of amides is 2. The van der Waals surface area contributed by atoms with E-state index in [0.717, 1.165) is 0 Å². The molecule has 0 fully saturated rings. The van der Waals surface area contributed by atoms with Gasteiger partial charge in [-0.1, -0.05) is 24.3 Å². The third-order valence-electron chi connectivity index (χ3n) is 4.37. The van der Waals surface area contributed by atoms with E-state index in [2.05, 4.69) is 20.6 Å². The molecule has 0 radical (unpaired) electrons. The van der Waals surface area contributed by atoms with Crippen LogP contribution in [0.25, 0.3) is 0 Å². The van der Waals surface area contributed by atoms with Crippen molar-refractivity contribution in [2.24, 2.45) is 11.5 Å². The molecule has 0 spiro atoms. The van der Waals surface area contributed by atoms with Crippen molar-refractivity contribution in [1.82, 2.24) is 9.97 Å². The first-order valence-electron chi connectivity index (χ1n) is 9.86. The van der Waals surface area contributed by atoms with Gasteiger partial charge in [-0.05, 0) is 37.3 Å². The lowest BCUT2D eigenvalue weighted by Gasteiger charge is -2.20. The van der Waals surface area contributed by atoms with Crippen molar-refractivity contribution in [1.29, 1.82) is 0 Å². The van der Waals surface area contributed by atoms with Crippen molar-refractivity contribution < 1.29 is 14.4 Å². The maximum Gasteiger partial charge on any atom is 0.282 e. The van der Waals surface area contributed by atoms with Crippen LogP contribution in [-0.2, 0) is 4.84 Å². The van der Waals surface area contributed by atoms with Gasteiger partial charge >= 0.3 is 0 Å². The number of anilines is 4. The van der Waals surface area contributed by atoms with Gasteiger partial charge in [-0.25, -0.2) is 4.98 Å². The lowest BCUT2D eigenvalue weighted by Crippen LogP contribution is -2.29. The summed E-state index contributed by atoms with van der Waals surface area (Å²) >= 11 is 0. The van der Waals surface area contributed by atoms with Crippen LogP contribution in [0, 0.1) is 0 Å². The molecule has 6 N–H and O–H groups in total. The largest absolute Gasteiger partial charge is 0.365 e. The van der Waals surface area contributed by atoms with Crippen LogP contribution in [0.3, 0.4) is 0 Å². The molecule has 0 saturated heterocycles. The van der Waals surface area contributed by atoms with Crippen LogP contribution in [-0.4, -0.2) is 41.5 Å². The third kappa shape index (κ3) is 5.56. The van der Waals surface area contributed by atoms with Gasteiger partial charge in [0.15, 0.2) is 0 Å². The lowest BCUT2D eigenvalue weighted by atomic mass is 10.1. The van der Waals surface area contributed by atoms with E-state index in [4.69, 9.17) is 16.3 Å². The molecule has 3 aromatic rings. The molecule has 32 heavy (non-hydrogen) atoms. The normalized spacial score (nSPS) is 11.5. The van der Waals surface area contributed by atoms with E-state index in [1.54, 1.807) is 36.4 Å². The van der Waals surface area contributed by atoms with E-state index in [1.807, 2.05) is 25.1 Å². The monoisotopic (exact) mass is 435 g/mol. The molecule has 166 valence electrons. The predicted octanol–water partition coefficient (Wildman–Crippen LogP) is 2.29. The van der Waals surface area contributed by atoms with Crippen LogP contribution >= 0.6 is 0 Å². The van der Waals surface area contributed by atoms with E-state index in [9.17, 15) is 9.59 Å². The van der Waals surface area contributed by atoms with Crippen LogP contribution in [0.2, 0.25) is 0 Å². The van der Waals surface area contributed by atoms with Crippen molar-refractivity contribution in [2.45, 2.75) is 13.0 Å². The number of benzene rings is 2. The van der Waals surface area contributed by atoms with Gasteiger partial charge in [0.25, 0.3) is 11.8 Å². The molecule has 2 aromatic carbocycles. The number of nitrogens with two attached hydrogens (primary N) is 2. The van der Waals surface area contributed by atoms with Gasteiger partial charge in [0.1, 0.15) is 11.4 Å². The Kier molecular flexibility index (Phi) is 7.32. The highest BCUT2D eigenvalue weighted by atomic mass is 16.7. The topological polar surface area (TPSA) is 148 Å². The number of hydrogen-bond donors (Lipinski definition) is 4. The molecule has 3 rings (SSSR count). The van der Waals surface area contributed by atoms with E-state index < -0.39 is 5.91 Å². The van der Waals surface area contributed by atoms with Gasteiger partial charge in [-0.3, -0.25) is 14.4 Å². The van der Waals surface area contributed by atoms with Crippen molar-refractivity contribution in [2.75, 3.05) is 29.4 Å². The molecule has 1 heterocycles. The summed E-state index contributed by atoms with van der Waals surface area (Å²) < 4.78 is 0. The molecular formula is C22H25N7O3. The SMILES string of the molecule is CON(C(=O)c1cccc(Nc2nc(NCC(C)N)ncc2C(N)=O)c1)c1ccccc1. The van der Waals surface area contributed by atoms with E-state index in [0.29, 0.717) is 23.5 Å². The first kappa shape index (κ1) is 22.7. The maximum absolute atomic E-state index is 13.0. The number of primary amides is 1.